The number of benzene rings is 1. The summed E-state index contributed by atoms with van der Waals surface area (Å²) in [5.41, 5.74) is 1.93. The third kappa shape index (κ3) is 2.82. The highest BCUT2D eigenvalue weighted by atomic mass is 16.5. The Morgan fingerprint density at radius 1 is 1.14 bits per heavy atom. The van der Waals surface area contributed by atoms with Crippen molar-refractivity contribution in [1.82, 2.24) is 4.90 Å². The van der Waals surface area contributed by atoms with E-state index in [0.29, 0.717) is 0 Å². The minimum Gasteiger partial charge on any atom is -0.493 e. The molecule has 116 valence electrons. The van der Waals surface area contributed by atoms with Crippen LogP contribution in [0.1, 0.15) is 56.8 Å². The van der Waals surface area contributed by atoms with Crippen LogP contribution in [-0.2, 0) is 6.42 Å². The van der Waals surface area contributed by atoms with Crippen molar-refractivity contribution in [2.45, 2.75) is 57.6 Å². The summed E-state index contributed by atoms with van der Waals surface area (Å²) in [4.78, 5) is 2.46. The second kappa shape index (κ2) is 5.98. The van der Waals surface area contributed by atoms with Gasteiger partial charge in [0.1, 0.15) is 11.9 Å². The van der Waals surface area contributed by atoms with Gasteiger partial charge in [0.25, 0.3) is 0 Å². The van der Waals surface area contributed by atoms with Gasteiger partial charge in [-0.15, -0.1) is 0 Å². The Kier molecular flexibility index (Phi) is 4.23. The molecule has 3 heteroatoms. The van der Waals surface area contributed by atoms with E-state index in [0.717, 1.165) is 37.4 Å². The van der Waals surface area contributed by atoms with Gasteiger partial charge in [0.2, 0.25) is 0 Å². The predicted octanol–water partition coefficient (Wildman–Crippen LogP) is 3.31. The maximum Gasteiger partial charge on any atom is 0.128 e. The molecule has 1 atom stereocenters. The molecule has 0 spiro atoms. The highest BCUT2D eigenvalue weighted by Crippen LogP contribution is 2.40. The molecule has 1 saturated heterocycles. The third-order valence-corrected chi connectivity index (χ3v) is 5.13. The molecule has 2 heterocycles. The zero-order valence-electron chi connectivity index (χ0n) is 13.3. The van der Waals surface area contributed by atoms with Gasteiger partial charge < -0.3 is 9.84 Å². The van der Waals surface area contributed by atoms with Gasteiger partial charge >= 0.3 is 0 Å². The van der Waals surface area contributed by atoms with E-state index < -0.39 is 6.10 Å². The van der Waals surface area contributed by atoms with Crippen molar-refractivity contribution >= 4 is 0 Å². The zero-order chi connectivity index (χ0) is 14.9. The van der Waals surface area contributed by atoms with Gasteiger partial charge in [0.05, 0.1) is 6.61 Å². The largest absolute Gasteiger partial charge is 0.493 e. The molecule has 1 unspecified atom stereocenters. The Balaban J connectivity index is 1.86. The molecule has 3 nitrogen and oxygen atoms in total. The molecule has 0 saturated carbocycles. The Morgan fingerprint density at radius 2 is 1.86 bits per heavy atom. The number of nitrogens with zero attached hydrogens (tertiary/aromatic N) is 1. The van der Waals surface area contributed by atoms with E-state index in [1.165, 1.54) is 31.2 Å². The minimum absolute atomic E-state index is 0.259. The van der Waals surface area contributed by atoms with E-state index in [4.69, 9.17) is 4.74 Å². The highest BCUT2D eigenvalue weighted by molar-refractivity contribution is 5.46. The Labute approximate surface area is 127 Å². The Bertz CT molecular complexity index is 490. The summed E-state index contributed by atoms with van der Waals surface area (Å²) >= 11 is 0. The van der Waals surface area contributed by atoms with E-state index in [2.05, 4.69) is 24.8 Å². The molecule has 1 fully saturated rings. The fourth-order valence-electron chi connectivity index (χ4n) is 3.66. The lowest BCUT2D eigenvalue weighted by Crippen LogP contribution is -2.48. The van der Waals surface area contributed by atoms with Gasteiger partial charge in [-0.3, -0.25) is 4.90 Å². The molecule has 2 aliphatic heterocycles. The maximum absolute atomic E-state index is 11.0. The first-order valence-electron chi connectivity index (χ1n) is 8.28. The van der Waals surface area contributed by atoms with Crippen LogP contribution >= 0.6 is 0 Å². The van der Waals surface area contributed by atoms with Gasteiger partial charge in [0, 0.05) is 17.5 Å². The number of aliphatic hydroxyl groups excluding tert-OH is 1. The van der Waals surface area contributed by atoms with Crippen molar-refractivity contribution in [2.24, 2.45) is 0 Å². The SMILES string of the molecule is CC(C)(C(O)c1cccc2c1OCC2)N1CCCCCC1. The molecule has 2 aliphatic rings. The smallest absolute Gasteiger partial charge is 0.128 e. The van der Waals surface area contributed by atoms with Crippen LogP contribution in [0.3, 0.4) is 0 Å². The number of rotatable bonds is 3. The van der Waals surface area contributed by atoms with E-state index in [-0.39, 0.29) is 5.54 Å². The van der Waals surface area contributed by atoms with Crippen molar-refractivity contribution < 1.29 is 9.84 Å². The van der Waals surface area contributed by atoms with E-state index in [1.54, 1.807) is 0 Å². The van der Waals surface area contributed by atoms with Gasteiger partial charge in [-0.25, -0.2) is 0 Å². The minimum atomic E-state index is -0.511. The van der Waals surface area contributed by atoms with Crippen molar-refractivity contribution in [3.63, 3.8) is 0 Å². The highest BCUT2D eigenvalue weighted by Gasteiger charge is 2.37. The van der Waals surface area contributed by atoms with Crippen LogP contribution in [0.4, 0.5) is 0 Å². The zero-order valence-corrected chi connectivity index (χ0v) is 13.3. The lowest BCUT2D eigenvalue weighted by atomic mass is 9.88. The van der Waals surface area contributed by atoms with Crippen LogP contribution in [0.25, 0.3) is 0 Å². The van der Waals surface area contributed by atoms with Crippen LogP contribution in [0, 0.1) is 0 Å². The third-order valence-electron chi connectivity index (χ3n) is 5.13. The molecule has 1 aromatic carbocycles. The van der Waals surface area contributed by atoms with Crippen LogP contribution in [0.5, 0.6) is 5.75 Å². The fraction of sp³-hybridized carbons (Fsp3) is 0.667. The van der Waals surface area contributed by atoms with Crippen molar-refractivity contribution in [3.8, 4) is 5.75 Å². The number of fused-ring (bicyclic) bond motifs is 1. The molecule has 0 aromatic heterocycles. The number of likely N-dealkylation sites (tertiary alicyclic amines) is 1. The molecule has 1 aromatic rings. The predicted molar refractivity (Wildman–Crippen MR) is 84.7 cm³/mol. The number of aliphatic hydroxyl groups is 1. The van der Waals surface area contributed by atoms with Gasteiger partial charge in [-0.05, 0) is 45.3 Å². The van der Waals surface area contributed by atoms with E-state index >= 15 is 0 Å². The summed E-state index contributed by atoms with van der Waals surface area (Å²) in [5, 5.41) is 11.0. The average Bonchev–Trinajstić information content (AvgIpc) is 2.79. The summed E-state index contributed by atoms with van der Waals surface area (Å²) in [7, 11) is 0. The van der Waals surface area contributed by atoms with Gasteiger partial charge in [-0.1, -0.05) is 31.0 Å². The fourth-order valence-corrected chi connectivity index (χ4v) is 3.66. The normalized spacial score (nSPS) is 21.5. The lowest BCUT2D eigenvalue weighted by molar-refractivity contribution is -0.0111. The number of ether oxygens (including phenoxy) is 1. The quantitative estimate of drug-likeness (QED) is 0.926. The standard InChI is InChI=1S/C18H27NO2/c1-18(2,19-11-5-3-4-6-12-19)17(20)15-9-7-8-14-10-13-21-16(14)15/h7-9,17,20H,3-6,10-13H2,1-2H3. The summed E-state index contributed by atoms with van der Waals surface area (Å²) < 4.78 is 5.78. The van der Waals surface area contributed by atoms with E-state index in [1.807, 2.05) is 12.1 Å². The molecule has 0 radical (unpaired) electrons. The number of hydrogen-bond donors (Lipinski definition) is 1. The molecule has 0 bridgehead atoms. The molecule has 1 N–H and O–H groups in total. The molecule has 0 amide bonds. The van der Waals surface area contributed by atoms with Crippen molar-refractivity contribution in [1.29, 1.82) is 0 Å². The van der Waals surface area contributed by atoms with Gasteiger partial charge in [-0.2, -0.15) is 0 Å². The molecule has 3 rings (SSSR count). The second-order valence-corrected chi connectivity index (χ2v) is 6.89. The first-order valence-corrected chi connectivity index (χ1v) is 8.28. The molecular weight excluding hydrogens is 262 g/mol. The summed E-state index contributed by atoms with van der Waals surface area (Å²) in [6.45, 7) is 7.23. The summed E-state index contributed by atoms with van der Waals surface area (Å²) in [6, 6.07) is 6.18. The average molecular weight is 289 g/mol. The van der Waals surface area contributed by atoms with Crippen LogP contribution in [0.2, 0.25) is 0 Å². The monoisotopic (exact) mass is 289 g/mol. The van der Waals surface area contributed by atoms with Crippen LogP contribution < -0.4 is 4.74 Å². The first kappa shape index (κ1) is 14.9. The number of hydrogen-bond acceptors (Lipinski definition) is 3. The summed E-state index contributed by atoms with van der Waals surface area (Å²) in [5.74, 6) is 0.924. The molecular formula is C18H27NO2. The maximum atomic E-state index is 11.0. The molecule has 21 heavy (non-hydrogen) atoms. The van der Waals surface area contributed by atoms with Crippen LogP contribution in [-0.4, -0.2) is 35.2 Å². The second-order valence-electron chi connectivity index (χ2n) is 6.89. The van der Waals surface area contributed by atoms with Crippen LogP contribution in [0.15, 0.2) is 18.2 Å². The first-order chi connectivity index (χ1) is 10.1. The topological polar surface area (TPSA) is 32.7 Å². The molecule has 0 aliphatic carbocycles. The Morgan fingerprint density at radius 3 is 2.57 bits per heavy atom. The van der Waals surface area contributed by atoms with Gasteiger partial charge in [0.15, 0.2) is 0 Å². The summed E-state index contributed by atoms with van der Waals surface area (Å²) in [6.07, 6.45) is 5.54. The van der Waals surface area contributed by atoms with Crippen molar-refractivity contribution in [2.75, 3.05) is 19.7 Å². The van der Waals surface area contributed by atoms with E-state index in [9.17, 15) is 5.11 Å². The van der Waals surface area contributed by atoms with Crippen molar-refractivity contribution in [3.05, 3.63) is 29.3 Å². The lowest BCUT2D eigenvalue weighted by Gasteiger charge is -2.42. The Hall–Kier alpha value is -1.06. The number of para-hydroxylation sites is 1.